The van der Waals surface area contributed by atoms with Crippen molar-refractivity contribution in [2.75, 3.05) is 0 Å². The molecule has 0 aliphatic heterocycles. The van der Waals surface area contributed by atoms with E-state index in [2.05, 4.69) is 46.4 Å². The van der Waals surface area contributed by atoms with Gasteiger partial charge in [0.25, 0.3) is 0 Å². The molecule has 2 aromatic rings. The number of halogens is 2. The van der Waals surface area contributed by atoms with Gasteiger partial charge in [-0.3, -0.25) is 0 Å². The Bertz CT molecular complexity index is 607. The topological polar surface area (TPSA) is 12.0 Å². The maximum atomic E-state index is 13.1. The Kier molecular flexibility index (Phi) is 4.41. The normalized spacial score (nSPS) is 17.5. The van der Waals surface area contributed by atoms with Crippen molar-refractivity contribution in [1.29, 1.82) is 0 Å². The minimum absolute atomic E-state index is 0.173. The fraction of sp³-hybridized carbons (Fsp3) is 0.333. The van der Waals surface area contributed by atoms with Gasteiger partial charge in [0.05, 0.1) is 0 Å². The van der Waals surface area contributed by atoms with Crippen LogP contribution in [0.5, 0.6) is 0 Å². The van der Waals surface area contributed by atoms with Crippen molar-refractivity contribution in [3.63, 3.8) is 0 Å². The predicted octanol–water partition coefficient (Wildman–Crippen LogP) is 5.39. The average Bonchev–Trinajstić information content (AvgIpc) is 3.30. The van der Waals surface area contributed by atoms with E-state index in [1.807, 2.05) is 18.2 Å². The zero-order valence-electron chi connectivity index (χ0n) is 12.0. The molecule has 1 N–H and O–H groups in total. The van der Waals surface area contributed by atoms with E-state index in [1.165, 1.54) is 24.0 Å². The molecule has 1 fully saturated rings. The van der Waals surface area contributed by atoms with Crippen molar-refractivity contribution in [1.82, 2.24) is 5.32 Å². The molecule has 3 rings (SSSR count). The maximum absolute atomic E-state index is 13.1. The lowest BCUT2D eigenvalue weighted by Crippen LogP contribution is -2.26. The molecule has 2 aromatic carbocycles. The Morgan fingerprint density at radius 3 is 2.43 bits per heavy atom. The minimum atomic E-state index is -0.173. The summed E-state index contributed by atoms with van der Waals surface area (Å²) in [6.45, 7) is 2.18. The second-order valence-electron chi connectivity index (χ2n) is 5.81. The molecule has 1 aliphatic carbocycles. The second kappa shape index (κ2) is 6.29. The van der Waals surface area contributed by atoms with Crippen molar-refractivity contribution in [3.8, 4) is 0 Å². The van der Waals surface area contributed by atoms with E-state index in [0.29, 0.717) is 12.0 Å². The van der Waals surface area contributed by atoms with E-state index in [1.54, 1.807) is 12.1 Å². The van der Waals surface area contributed by atoms with E-state index >= 15 is 0 Å². The zero-order valence-corrected chi connectivity index (χ0v) is 13.6. The Morgan fingerprint density at radius 2 is 1.81 bits per heavy atom. The largest absolute Gasteiger partial charge is 0.303 e. The molecule has 0 aromatic heterocycles. The summed E-state index contributed by atoms with van der Waals surface area (Å²) in [6, 6.07) is 15.8. The minimum Gasteiger partial charge on any atom is -0.303 e. The van der Waals surface area contributed by atoms with E-state index in [9.17, 15) is 4.39 Å². The molecule has 110 valence electrons. The molecule has 3 heteroatoms. The summed E-state index contributed by atoms with van der Waals surface area (Å²) in [5.74, 6) is 0.499. The first-order valence-corrected chi connectivity index (χ1v) is 8.20. The lowest BCUT2D eigenvalue weighted by molar-refractivity contribution is 0.427. The molecule has 0 radical (unpaired) electrons. The highest BCUT2D eigenvalue weighted by Gasteiger charge is 2.33. The van der Waals surface area contributed by atoms with Crippen LogP contribution in [-0.2, 0) is 0 Å². The van der Waals surface area contributed by atoms with Crippen LogP contribution in [-0.4, -0.2) is 0 Å². The molecule has 0 spiro atoms. The lowest BCUT2D eigenvalue weighted by atomic mass is 9.99. The quantitative estimate of drug-likeness (QED) is 0.764. The summed E-state index contributed by atoms with van der Waals surface area (Å²) >= 11 is 3.52. The van der Waals surface area contributed by atoms with Gasteiger partial charge in [0, 0.05) is 16.6 Å². The molecular weight excluding hydrogens is 329 g/mol. The molecule has 0 bridgehead atoms. The summed E-state index contributed by atoms with van der Waals surface area (Å²) in [5, 5.41) is 3.71. The Labute approximate surface area is 133 Å². The van der Waals surface area contributed by atoms with Gasteiger partial charge in [0.2, 0.25) is 0 Å². The highest BCUT2D eigenvalue weighted by molar-refractivity contribution is 9.10. The van der Waals surface area contributed by atoms with Crippen LogP contribution in [0.25, 0.3) is 0 Å². The van der Waals surface area contributed by atoms with Crippen LogP contribution in [0.1, 0.15) is 43.0 Å². The van der Waals surface area contributed by atoms with Crippen molar-refractivity contribution >= 4 is 15.9 Å². The number of benzene rings is 2. The highest BCUT2D eigenvalue weighted by atomic mass is 79.9. The third kappa shape index (κ3) is 3.72. The van der Waals surface area contributed by atoms with Crippen LogP contribution in [0.3, 0.4) is 0 Å². The molecule has 21 heavy (non-hydrogen) atoms. The molecule has 1 nitrogen and oxygen atoms in total. The predicted molar refractivity (Wildman–Crippen MR) is 87.6 cm³/mol. The zero-order chi connectivity index (χ0) is 14.8. The van der Waals surface area contributed by atoms with E-state index in [4.69, 9.17) is 0 Å². The van der Waals surface area contributed by atoms with E-state index in [0.717, 1.165) is 4.47 Å². The third-order valence-electron chi connectivity index (χ3n) is 4.10. The van der Waals surface area contributed by atoms with Crippen LogP contribution in [0.4, 0.5) is 4.39 Å². The fourth-order valence-corrected chi connectivity index (χ4v) is 3.16. The smallest absolute Gasteiger partial charge is 0.123 e. The maximum Gasteiger partial charge on any atom is 0.123 e. The highest BCUT2D eigenvalue weighted by Crippen LogP contribution is 2.42. The summed E-state index contributed by atoms with van der Waals surface area (Å²) in [4.78, 5) is 0. The molecule has 2 unspecified atom stereocenters. The van der Waals surface area contributed by atoms with Crippen molar-refractivity contribution < 1.29 is 4.39 Å². The summed E-state index contributed by atoms with van der Waals surface area (Å²) in [5.41, 5.74) is 2.44. The monoisotopic (exact) mass is 347 g/mol. The first kappa shape index (κ1) is 14.7. The van der Waals surface area contributed by atoms with E-state index in [-0.39, 0.29) is 11.9 Å². The lowest BCUT2D eigenvalue weighted by Gasteiger charge is -2.24. The van der Waals surface area contributed by atoms with Crippen molar-refractivity contribution in [3.05, 3.63) is 69.9 Å². The Balaban J connectivity index is 1.77. The van der Waals surface area contributed by atoms with Crippen LogP contribution >= 0.6 is 15.9 Å². The first-order valence-electron chi connectivity index (χ1n) is 7.40. The molecule has 0 saturated heterocycles. The molecular formula is C18H19BrFN. The summed E-state index contributed by atoms with van der Waals surface area (Å²) in [7, 11) is 0. The molecule has 1 aliphatic rings. The van der Waals surface area contributed by atoms with Crippen molar-refractivity contribution in [2.24, 2.45) is 5.92 Å². The van der Waals surface area contributed by atoms with Gasteiger partial charge >= 0.3 is 0 Å². The van der Waals surface area contributed by atoms with Gasteiger partial charge in [-0.2, -0.15) is 0 Å². The fourth-order valence-electron chi connectivity index (χ4n) is 2.75. The van der Waals surface area contributed by atoms with Crippen LogP contribution in [0, 0.1) is 11.7 Å². The summed E-state index contributed by atoms with van der Waals surface area (Å²) < 4.78 is 14.2. The molecule has 1 saturated carbocycles. The van der Waals surface area contributed by atoms with Gasteiger partial charge < -0.3 is 5.32 Å². The third-order valence-corrected chi connectivity index (χ3v) is 4.59. The number of hydrogen-bond acceptors (Lipinski definition) is 1. The Morgan fingerprint density at radius 1 is 1.10 bits per heavy atom. The van der Waals surface area contributed by atoms with Crippen LogP contribution < -0.4 is 5.32 Å². The molecule has 0 amide bonds. The number of hydrogen-bond donors (Lipinski definition) is 1. The van der Waals surface area contributed by atoms with E-state index < -0.39 is 0 Å². The number of nitrogens with one attached hydrogen (secondary N) is 1. The standard InChI is InChI=1S/C18H19BrFN/c1-12(15-3-2-4-16(19)11-15)21-18(13-5-6-13)14-7-9-17(20)10-8-14/h2-4,7-13,18,21H,5-6H2,1H3. The van der Waals surface area contributed by atoms with Crippen molar-refractivity contribution in [2.45, 2.75) is 31.8 Å². The SMILES string of the molecule is CC(NC(c1ccc(F)cc1)C1CC1)c1cccc(Br)c1. The first-order chi connectivity index (χ1) is 10.1. The van der Waals surface area contributed by atoms with Gasteiger partial charge in [-0.25, -0.2) is 4.39 Å². The van der Waals surface area contributed by atoms with Gasteiger partial charge in [0.15, 0.2) is 0 Å². The van der Waals surface area contributed by atoms with Gasteiger partial charge in [-0.05, 0) is 61.1 Å². The molecule has 0 heterocycles. The average molecular weight is 348 g/mol. The number of rotatable bonds is 5. The van der Waals surface area contributed by atoms with Crippen LogP contribution in [0.2, 0.25) is 0 Å². The second-order valence-corrected chi connectivity index (χ2v) is 6.73. The molecule has 2 atom stereocenters. The van der Waals surface area contributed by atoms with Crippen LogP contribution in [0.15, 0.2) is 53.0 Å². The van der Waals surface area contributed by atoms with Gasteiger partial charge in [-0.1, -0.05) is 40.2 Å². The van der Waals surface area contributed by atoms with Gasteiger partial charge in [0.1, 0.15) is 5.82 Å². The van der Waals surface area contributed by atoms with Gasteiger partial charge in [-0.15, -0.1) is 0 Å². The summed E-state index contributed by atoms with van der Waals surface area (Å²) in [6.07, 6.45) is 2.50. The Hall–Kier alpha value is -1.19.